The number of benzene rings is 1. The number of hydrogen-bond donors (Lipinski definition) is 1. The molecule has 0 radical (unpaired) electrons. The largest absolute Gasteiger partial charge is 0.442 e. The maximum absolute atomic E-state index is 13.9. The van der Waals surface area contributed by atoms with Gasteiger partial charge in [0.25, 0.3) is 5.91 Å². The molecule has 1 aromatic carbocycles. The standard InChI is InChI=1S/C18H22F3N3O2/c1-5-11-24-13(12-9-7-6-8-10-12)22-17(15(24)26,18(19,20)21)23-14(25)16(2,3)4/h6-10H,5,11H2,1-4H3,(H,23,25). The molecule has 2 rings (SSSR count). The Balaban J connectivity index is 2.62. The van der Waals surface area contributed by atoms with Crippen LogP contribution in [0.2, 0.25) is 0 Å². The van der Waals surface area contributed by atoms with Gasteiger partial charge in [0, 0.05) is 17.5 Å². The summed E-state index contributed by atoms with van der Waals surface area (Å²) in [4.78, 5) is 29.8. The van der Waals surface area contributed by atoms with Crippen LogP contribution in [0.5, 0.6) is 0 Å². The van der Waals surface area contributed by atoms with E-state index >= 15 is 0 Å². The SMILES string of the molecule is CCCN1C(=O)C(NC(=O)C(C)(C)C)(C(F)(F)F)N=C1c1ccccc1. The molecule has 8 heteroatoms. The van der Waals surface area contributed by atoms with Crippen molar-refractivity contribution >= 4 is 17.6 Å². The van der Waals surface area contributed by atoms with Gasteiger partial charge in [0.05, 0.1) is 0 Å². The molecule has 26 heavy (non-hydrogen) atoms. The van der Waals surface area contributed by atoms with Crippen LogP contribution in [-0.2, 0) is 9.59 Å². The van der Waals surface area contributed by atoms with Crippen molar-refractivity contribution in [2.24, 2.45) is 10.4 Å². The zero-order chi connectivity index (χ0) is 19.8. The van der Waals surface area contributed by atoms with Gasteiger partial charge in [0.1, 0.15) is 5.84 Å². The molecule has 0 spiro atoms. The molecular weight excluding hydrogens is 347 g/mol. The van der Waals surface area contributed by atoms with Gasteiger partial charge < -0.3 is 5.32 Å². The van der Waals surface area contributed by atoms with Crippen molar-refractivity contribution in [3.05, 3.63) is 35.9 Å². The topological polar surface area (TPSA) is 61.8 Å². The lowest BCUT2D eigenvalue weighted by Crippen LogP contribution is -2.64. The second-order valence-corrected chi connectivity index (χ2v) is 7.17. The highest BCUT2D eigenvalue weighted by Gasteiger charge is 2.67. The van der Waals surface area contributed by atoms with Gasteiger partial charge in [-0.2, -0.15) is 13.2 Å². The maximum atomic E-state index is 13.9. The van der Waals surface area contributed by atoms with Crippen LogP contribution in [0.1, 0.15) is 39.7 Å². The number of halogens is 3. The number of nitrogens with one attached hydrogen (secondary N) is 1. The van der Waals surface area contributed by atoms with Gasteiger partial charge in [-0.25, -0.2) is 4.99 Å². The molecule has 1 aromatic rings. The van der Waals surface area contributed by atoms with Crippen LogP contribution in [-0.4, -0.2) is 40.9 Å². The number of alkyl halides is 3. The van der Waals surface area contributed by atoms with Crippen LogP contribution in [0.3, 0.4) is 0 Å². The van der Waals surface area contributed by atoms with Crippen molar-refractivity contribution < 1.29 is 22.8 Å². The minimum Gasteiger partial charge on any atom is -0.316 e. The summed E-state index contributed by atoms with van der Waals surface area (Å²) < 4.78 is 41.8. The van der Waals surface area contributed by atoms with Crippen LogP contribution < -0.4 is 5.32 Å². The lowest BCUT2D eigenvalue weighted by Gasteiger charge is -2.31. The summed E-state index contributed by atoms with van der Waals surface area (Å²) in [5, 5.41) is 1.87. The summed E-state index contributed by atoms with van der Waals surface area (Å²) in [7, 11) is 0. The molecule has 2 amide bonds. The van der Waals surface area contributed by atoms with E-state index in [2.05, 4.69) is 4.99 Å². The minimum atomic E-state index is -5.08. The quantitative estimate of drug-likeness (QED) is 0.887. The van der Waals surface area contributed by atoms with E-state index in [0.29, 0.717) is 12.0 Å². The van der Waals surface area contributed by atoms with Crippen LogP contribution in [0.25, 0.3) is 0 Å². The number of rotatable bonds is 4. The molecule has 0 saturated carbocycles. The van der Waals surface area contributed by atoms with Crippen molar-refractivity contribution in [3.8, 4) is 0 Å². The first-order valence-corrected chi connectivity index (χ1v) is 8.30. The van der Waals surface area contributed by atoms with Crippen LogP contribution >= 0.6 is 0 Å². The zero-order valence-corrected chi connectivity index (χ0v) is 15.1. The number of carbonyl (C=O) groups is 2. The van der Waals surface area contributed by atoms with Gasteiger partial charge in [-0.1, -0.05) is 58.0 Å². The molecule has 142 valence electrons. The molecule has 1 heterocycles. The van der Waals surface area contributed by atoms with E-state index < -0.39 is 29.1 Å². The summed E-state index contributed by atoms with van der Waals surface area (Å²) in [6.07, 6.45) is -4.63. The summed E-state index contributed by atoms with van der Waals surface area (Å²) >= 11 is 0. The monoisotopic (exact) mass is 369 g/mol. The van der Waals surface area contributed by atoms with E-state index in [1.54, 1.807) is 37.3 Å². The zero-order valence-electron chi connectivity index (χ0n) is 15.1. The fourth-order valence-corrected chi connectivity index (χ4v) is 2.49. The van der Waals surface area contributed by atoms with Gasteiger partial charge in [-0.15, -0.1) is 0 Å². The Morgan fingerprint density at radius 2 is 1.77 bits per heavy atom. The second kappa shape index (κ2) is 6.74. The molecule has 1 N–H and O–H groups in total. The number of aliphatic imine (C=N–C) groups is 1. The molecular formula is C18H22F3N3O2. The fourth-order valence-electron chi connectivity index (χ4n) is 2.49. The molecule has 1 aliphatic heterocycles. The minimum absolute atomic E-state index is 0.0653. The first-order valence-electron chi connectivity index (χ1n) is 8.30. The first-order chi connectivity index (χ1) is 11.9. The summed E-state index contributed by atoms with van der Waals surface area (Å²) in [5.74, 6) is -2.29. The average Bonchev–Trinajstić information content (AvgIpc) is 2.82. The van der Waals surface area contributed by atoms with Crippen molar-refractivity contribution in [2.75, 3.05) is 6.54 Å². The molecule has 0 fully saturated rings. The summed E-state index contributed by atoms with van der Waals surface area (Å²) in [6.45, 7) is 6.22. The van der Waals surface area contributed by atoms with Gasteiger partial charge >= 0.3 is 11.8 Å². The average molecular weight is 369 g/mol. The molecule has 5 nitrogen and oxygen atoms in total. The predicted molar refractivity (Wildman–Crippen MR) is 91.4 cm³/mol. The highest BCUT2D eigenvalue weighted by atomic mass is 19.4. The fraction of sp³-hybridized carbons (Fsp3) is 0.500. The lowest BCUT2D eigenvalue weighted by atomic mass is 9.94. The van der Waals surface area contributed by atoms with E-state index in [0.717, 1.165) is 4.90 Å². The molecule has 0 aliphatic carbocycles. The smallest absolute Gasteiger partial charge is 0.316 e. The Kier molecular flexibility index (Phi) is 5.17. The number of carbonyl (C=O) groups excluding carboxylic acids is 2. The molecule has 0 bridgehead atoms. The third-order valence-corrected chi connectivity index (χ3v) is 3.95. The normalized spacial score (nSPS) is 21.0. The van der Waals surface area contributed by atoms with Gasteiger partial charge in [-0.3, -0.25) is 14.5 Å². The van der Waals surface area contributed by atoms with Crippen LogP contribution in [0.4, 0.5) is 13.2 Å². The summed E-state index contributed by atoms with van der Waals surface area (Å²) in [6, 6.07) is 8.16. The second-order valence-electron chi connectivity index (χ2n) is 7.17. The van der Waals surface area contributed by atoms with E-state index in [9.17, 15) is 22.8 Å². The van der Waals surface area contributed by atoms with Crippen molar-refractivity contribution in [3.63, 3.8) is 0 Å². The van der Waals surface area contributed by atoms with E-state index in [1.807, 2.05) is 5.32 Å². The van der Waals surface area contributed by atoms with Crippen molar-refractivity contribution in [2.45, 2.75) is 46.0 Å². The van der Waals surface area contributed by atoms with Gasteiger partial charge in [0.2, 0.25) is 5.91 Å². The lowest BCUT2D eigenvalue weighted by molar-refractivity contribution is -0.201. The Labute approximate surface area is 150 Å². The first kappa shape index (κ1) is 19.9. The van der Waals surface area contributed by atoms with E-state index in [4.69, 9.17) is 0 Å². The third-order valence-electron chi connectivity index (χ3n) is 3.95. The van der Waals surface area contributed by atoms with Gasteiger partial charge in [-0.05, 0) is 6.42 Å². The highest BCUT2D eigenvalue weighted by Crippen LogP contribution is 2.39. The number of hydrogen-bond acceptors (Lipinski definition) is 3. The molecule has 0 saturated heterocycles. The van der Waals surface area contributed by atoms with Crippen LogP contribution in [0.15, 0.2) is 35.3 Å². The third kappa shape index (κ3) is 3.45. The maximum Gasteiger partial charge on any atom is 0.442 e. The Morgan fingerprint density at radius 3 is 2.23 bits per heavy atom. The molecule has 1 aliphatic rings. The van der Waals surface area contributed by atoms with Crippen LogP contribution in [0, 0.1) is 5.41 Å². The van der Waals surface area contributed by atoms with Gasteiger partial charge in [0.15, 0.2) is 0 Å². The molecule has 0 aromatic heterocycles. The van der Waals surface area contributed by atoms with E-state index in [1.165, 1.54) is 20.8 Å². The summed E-state index contributed by atoms with van der Waals surface area (Å²) in [5.41, 5.74) is -4.04. The Hall–Kier alpha value is -2.38. The van der Waals surface area contributed by atoms with Crippen molar-refractivity contribution in [1.82, 2.24) is 10.2 Å². The van der Waals surface area contributed by atoms with E-state index in [-0.39, 0.29) is 12.4 Å². The molecule has 1 unspecified atom stereocenters. The van der Waals surface area contributed by atoms with Crippen molar-refractivity contribution in [1.29, 1.82) is 0 Å². The highest BCUT2D eigenvalue weighted by molar-refractivity contribution is 6.16. The number of amides is 2. The Morgan fingerprint density at radius 1 is 1.19 bits per heavy atom. The molecule has 1 atom stereocenters. The predicted octanol–water partition coefficient (Wildman–Crippen LogP) is 3.11. The Bertz CT molecular complexity index is 723. The number of amidine groups is 1. The number of nitrogens with zero attached hydrogens (tertiary/aromatic N) is 2.